The number of carbonyl (C=O) groups excluding carboxylic acids is 1. The van der Waals surface area contributed by atoms with Crippen LogP contribution in [0.15, 0.2) is 66.7 Å². The van der Waals surface area contributed by atoms with Gasteiger partial charge in [0.15, 0.2) is 11.5 Å². The topological polar surface area (TPSA) is 50.8 Å². The molecule has 0 aromatic heterocycles. The molecule has 6 heteroatoms. The number of nitrogens with one attached hydrogen (secondary N) is 1. The molecule has 1 atom stereocenters. The lowest BCUT2D eigenvalue weighted by atomic mass is 9.88. The standard InChI is InChI=1S/C24H23FN2O3/c1-29-21-14-17-12-13-27(24(28)26-20-11-7-6-10-19(20)25)23(16-8-4-3-5-9-16)18(17)15-22(21)30-2/h3-11,14-15,23H,12-13H2,1-2H3,(H,26,28)/t23-/m0/s1. The van der Waals surface area contributed by atoms with E-state index < -0.39 is 5.82 Å². The number of urea groups is 1. The molecule has 0 bridgehead atoms. The summed E-state index contributed by atoms with van der Waals surface area (Å²) in [6, 6.07) is 19.2. The number of carbonyl (C=O) groups is 1. The number of para-hydroxylation sites is 1. The number of halogens is 1. The van der Waals surface area contributed by atoms with Crippen molar-refractivity contribution in [3.63, 3.8) is 0 Å². The Morgan fingerprint density at radius 2 is 1.67 bits per heavy atom. The lowest BCUT2D eigenvalue weighted by Gasteiger charge is -2.38. The van der Waals surface area contributed by atoms with Crippen LogP contribution >= 0.6 is 0 Å². The SMILES string of the molecule is COc1cc2c(cc1OC)[C@H](c1ccccc1)N(C(=O)Nc1ccccc1F)CC2. The predicted molar refractivity (Wildman–Crippen MR) is 114 cm³/mol. The maximum absolute atomic E-state index is 14.1. The average molecular weight is 406 g/mol. The molecule has 1 heterocycles. The van der Waals surface area contributed by atoms with Crippen LogP contribution in [-0.4, -0.2) is 31.7 Å². The molecule has 30 heavy (non-hydrogen) atoms. The molecule has 3 aromatic rings. The minimum atomic E-state index is -0.467. The first-order valence-corrected chi connectivity index (χ1v) is 9.74. The van der Waals surface area contributed by atoms with E-state index in [4.69, 9.17) is 9.47 Å². The predicted octanol–water partition coefficient (Wildman–Crippen LogP) is 5.02. The van der Waals surface area contributed by atoms with Crippen LogP contribution in [0.2, 0.25) is 0 Å². The third kappa shape index (κ3) is 3.68. The van der Waals surface area contributed by atoms with Gasteiger partial charge in [0, 0.05) is 6.54 Å². The van der Waals surface area contributed by atoms with E-state index in [0.29, 0.717) is 24.5 Å². The summed E-state index contributed by atoms with van der Waals surface area (Å²) in [4.78, 5) is 14.9. The summed E-state index contributed by atoms with van der Waals surface area (Å²) in [5, 5.41) is 2.72. The van der Waals surface area contributed by atoms with Crippen LogP contribution in [-0.2, 0) is 6.42 Å². The van der Waals surface area contributed by atoms with Crippen molar-refractivity contribution in [2.75, 3.05) is 26.1 Å². The fourth-order valence-electron chi connectivity index (χ4n) is 3.91. The Balaban J connectivity index is 1.76. The maximum atomic E-state index is 14.1. The van der Waals surface area contributed by atoms with Crippen molar-refractivity contribution in [1.29, 1.82) is 0 Å². The van der Waals surface area contributed by atoms with Crippen molar-refractivity contribution in [2.24, 2.45) is 0 Å². The van der Waals surface area contributed by atoms with E-state index in [2.05, 4.69) is 5.32 Å². The molecular weight excluding hydrogens is 383 g/mol. The van der Waals surface area contributed by atoms with Crippen LogP contribution < -0.4 is 14.8 Å². The van der Waals surface area contributed by atoms with Gasteiger partial charge in [-0.25, -0.2) is 9.18 Å². The smallest absolute Gasteiger partial charge is 0.322 e. The van der Waals surface area contributed by atoms with Gasteiger partial charge in [-0.05, 0) is 47.4 Å². The molecule has 1 aliphatic heterocycles. The third-order valence-corrected chi connectivity index (χ3v) is 5.37. The summed E-state index contributed by atoms with van der Waals surface area (Å²) < 4.78 is 25.0. The second-order valence-electron chi connectivity index (χ2n) is 7.07. The van der Waals surface area contributed by atoms with Crippen LogP contribution in [0.1, 0.15) is 22.7 Å². The lowest BCUT2D eigenvalue weighted by Crippen LogP contribution is -2.43. The van der Waals surface area contributed by atoms with Gasteiger partial charge in [-0.3, -0.25) is 0 Å². The normalized spacial score (nSPS) is 15.3. The first kappa shape index (κ1) is 19.8. The number of hydrogen-bond donors (Lipinski definition) is 1. The van der Waals surface area contributed by atoms with Gasteiger partial charge in [-0.15, -0.1) is 0 Å². The van der Waals surface area contributed by atoms with E-state index in [1.165, 1.54) is 6.07 Å². The van der Waals surface area contributed by atoms with Gasteiger partial charge in [0.05, 0.1) is 25.9 Å². The number of anilines is 1. The van der Waals surface area contributed by atoms with Crippen molar-refractivity contribution in [3.05, 3.63) is 89.2 Å². The summed E-state index contributed by atoms with van der Waals surface area (Å²) >= 11 is 0. The maximum Gasteiger partial charge on any atom is 0.322 e. The molecule has 3 aromatic carbocycles. The van der Waals surface area contributed by atoms with Crippen LogP contribution in [0, 0.1) is 5.82 Å². The highest BCUT2D eigenvalue weighted by Gasteiger charge is 2.33. The molecule has 0 aliphatic carbocycles. The van der Waals surface area contributed by atoms with Crippen molar-refractivity contribution in [3.8, 4) is 11.5 Å². The van der Waals surface area contributed by atoms with E-state index in [1.54, 1.807) is 37.3 Å². The summed E-state index contributed by atoms with van der Waals surface area (Å²) in [6.07, 6.45) is 0.656. The molecule has 4 rings (SSSR count). The first-order chi connectivity index (χ1) is 14.6. The number of ether oxygens (including phenoxy) is 2. The molecule has 1 aliphatic rings. The molecule has 0 fully saturated rings. The highest BCUT2D eigenvalue weighted by Crippen LogP contribution is 2.41. The number of rotatable bonds is 4. The van der Waals surface area contributed by atoms with Gasteiger partial charge in [-0.1, -0.05) is 42.5 Å². The van der Waals surface area contributed by atoms with Gasteiger partial charge in [0.2, 0.25) is 0 Å². The zero-order valence-electron chi connectivity index (χ0n) is 16.9. The first-order valence-electron chi connectivity index (χ1n) is 9.74. The van der Waals surface area contributed by atoms with Gasteiger partial charge in [0.1, 0.15) is 5.82 Å². The van der Waals surface area contributed by atoms with Crippen LogP contribution in [0.25, 0.3) is 0 Å². The second-order valence-corrected chi connectivity index (χ2v) is 7.07. The van der Waals surface area contributed by atoms with Gasteiger partial charge < -0.3 is 19.7 Å². The molecule has 2 amide bonds. The van der Waals surface area contributed by atoms with Crippen LogP contribution in [0.4, 0.5) is 14.9 Å². The van der Waals surface area contributed by atoms with E-state index in [-0.39, 0.29) is 17.8 Å². The van der Waals surface area contributed by atoms with Crippen molar-refractivity contribution >= 4 is 11.7 Å². The Bertz CT molecular complexity index is 1060. The van der Waals surface area contributed by atoms with Gasteiger partial charge in [-0.2, -0.15) is 0 Å². The van der Waals surface area contributed by atoms with Crippen LogP contribution in [0.3, 0.4) is 0 Å². The number of hydrogen-bond acceptors (Lipinski definition) is 3. The fourth-order valence-corrected chi connectivity index (χ4v) is 3.91. The Morgan fingerprint density at radius 3 is 2.37 bits per heavy atom. The van der Waals surface area contributed by atoms with E-state index >= 15 is 0 Å². The molecule has 0 unspecified atom stereocenters. The molecule has 5 nitrogen and oxygen atoms in total. The van der Waals surface area contributed by atoms with E-state index in [9.17, 15) is 9.18 Å². The number of nitrogens with zero attached hydrogens (tertiary/aromatic N) is 1. The average Bonchev–Trinajstić information content (AvgIpc) is 2.79. The summed E-state index contributed by atoms with van der Waals surface area (Å²) in [6.45, 7) is 0.488. The van der Waals surface area contributed by atoms with Gasteiger partial charge in [0.25, 0.3) is 0 Å². The number of benzene rings is 3. The minimum Gasteiger partial charge on any atom is -0.493 e. The fraction of sp³-hybridized carbons (Fsp3) is 0.208. The summed E-state index contributed by atoms with van der Waals surface area (Å²) in [7, 11) is 3.20. The minimum absolute atomic E-state index is 0.160. The zero-order valence-corrected chi connectivity index (χ0v) is 16.9. The molecule has 0 saturated heterocycles. The highest BCUT2D eigenvalue weighted by atomic mass is 19.1. The highest BCUT2D eigenvalue weighted by molar-refractivity contribution is 5.90. The molecular formula is C24H23FN2O3. The lowest BCUT2D eigenvalue weighted by molar-refractivity contribution is 0.193. The number of fused-ring (bicyclic) bond motifs is 1. The largest absolute Gasteiger partial charge is 0.493 e. The second kappa shape index (κ2) is 8.45. The Morgan fingerprint density at radius 1 is 1.00 bits per heavy atom. The molecule has 1 N–H and O–H groups in total. The number of methoxy groups -OCH3 is 2. The van der Waals surface area contributed by atoms with E-state index in [0.717, 1.165) is 16.7 Å². The monoisotopic (exact) mass is 406 g/mol. The molecule has 0 radical (unpaired) electrons. The third-order valence-electron chi connectivity index (χ3n) is 5.37. The van der Waals surface area contributed by atoms with Crippen molar-refractivity contribution < 1.29 is 18.7 Å². The Hall–Kier alpha value is -3.54. The van der Waals surface area contributed by atoms with E-state index in [1.807, 2.05) is 42.5 Å². The van der Waals surface area contributed by atoms with Crippen molar-refractivity contribution in [2.45, 2.75) is 12.5 Å². The summed E-state index contributed by atoms with van der Waals surface area (Å²) in [5.74, 6) is 0.798. The summed E-state index contributed by atoms with van der Waals surface area (Å²) in [5.41, 5.74) is 3.19. The molecule has 0 spiro atoms. The number of amides is 2. The van der Waals surface area contributed by atoms with Crippen LogP contribution in [0.5, 0.6) is 11.5 Å². The Labute approximate surface area is 175 Å². The van der Waals surface area contributed by atoms with Gasteiger partial charge >= 0.3 is 6.03 Å². The molecule has 154 valence electrons. The van der Waals surface area contributed by atoms with Crippen molar-refractivity contribution in [1.82, 2.24) is 4.90 Å². The zero-order chi connectivity index (χ0) is 21.1. The Kier molecular flexibility index (Phi) is 5.57. The molecule has 0 saturated carbocycles. The quantitative estimate of drug-likeness (QED) is 0.662.